The van der Waals surface area contributed by atoms with Crippen LogP contribution >= 0.6 is 0 Å². The fraction of sp³-hybridized carbons (Fsp3) is 0.690. The summed E-state index contributed by atoms with van der Waals surface area (Å²) in [4.78, 5) is 31.8. The van der Waals surface area contributed by atoms with E-state index in [4.69, 9.17) is 19.0 Å². The monoisotopic (exact) mass is 559 g/mol. The Hall–Kier alpha value is -2.50. The van der Waals surface area contributed by atoms with Crippen molar-refractivity contribution >= 4 is 30.5 Å². The van der Waals surface area contributed by atoms with Crippen LogP contribution in [-0.2, 0) is 30.4 Å². The quantitative estimate of drug-likeness (QED) is 0.236. The van der Waals surface area contributed by atoms with E-state index < -0.39 is 54.0 Å². The number of carbonyl (C=O) groups is 2. The number of hydrogen-bond acceptors (Lipinski definition) is 9. The summed E-state index contributed by atoms with van der Waals surface area (Å²) in [5.74, 6) is -2.03. The molecule has 0 radical (unpaired) electrons. The fourth-order valence-electron chi connectivity index (χ4n) is 8.30. The second-order valence-corrected chi connectivity index (χ2v) is 12.7. The van der Waals surface area contributed by atoms with E-state index in [1.165, 1.54) is 13.2 Å². The molecule has 11 heteroatoms. The third kappa shape index (κ3) is 4.36. The summed E-state index contributed by atoms with van der Waals surface area (Å²) in [5.41, 5.74) is -1.51. The van der Waals surface area contributed by atoms with Gasteiger partial charge in [-0.05, 0) is 54.6 Å². The van der Waals surface area contributed by atoms with E-state index in [0.717, 1.165) is 12.8 Å². The normalized spacial score (nSPS) is 39.0. The topological polar surface area (TPSA) is 124 Å². The first-order valence-corrected chi connectivity index (χ1v) is 14.1. The Labute approximate surface area is 234 Å². The van der Waals surface area contributed by atoms with Gasteiger partial charge in [-0.15, -0.1) is 0 Å². The molecule has 3 saturated carbocycles. The van der Waals surface area contributed by atoms with Crippen LogP contribution < -0.4 is 10.2 Å². The molecule has 8 atom stereocenters. The van der Waals surface area contributed by atoms with Crippen molar-refractivity contribution in [1.82, 2.24) is 0 Å². The summed E-state index contributed by atoms with van der Waals surface area (Å²) in [5, 5.41) is 25.7. The minimum atomic E-state index is -1.39. The maximum Gasteiger partial charge on any atom is 0.494 e. The average Bonchev–Trinajstić information content (AvgIpc) is 3.48. The molecule has 0 spiro atoms. The Kier molecular flexibility index (Phi) is 7.55. The van der Waals surface area contributed by atoms with Gasteiger partial charge in [0.05, 0.1) is 18.9 Å². The maximum atomic E-state index is 15.0. The van der Waals surface area contributed by atoms with Crippen LogP contribution in [0.2, 0.25) is 0 Å². The number of nitrogens with zero attached hydrogens (tertiary/aromatic N) is 1. The van der Waals surface area contributed by atoms with Gasteiger partial charge in [0, 0.05) is 28.6 Å². The highest BCUT2D eigenvalue weighted by atomic mass is 19.1. The third-order valence-electron chi connectivity index (χ3n) is 10.8. The standard InChI is InChI=1S/C29H39BFNO8/c1-16-8-10-29-11-9-19(33)25(29)28(16,4)21(12-27(3,15-32-37-5)26(35)17(29)2)40-22(34)14-38-20-7-6-18-13-39-30(36)23(18)24(20)31/h6-7,15-17,21,25-26,35-36H,8-14H2,1-5H3/b32-15+/t16-,17-,21+,25-,26-,27+,28+,29-/m0/s1. The van der Waals surface area contributed by atoms with Crippen LogP contribution in [0.1, 0.15) is 65.4 Å². The molecule has 40 heavy (non-hydrogen) atoms. The largest absolute Gasteiger partial charge is 0.494 e. The smallest absolute Gasteiger partial charge is 0.479 e. The fourth-order valence-corrected chi connectivity index (χ4v) is 8.30. The number of hydrogen-bond donors (Lipinski definition) is 2. The zero-order valence-electron chi connectivity index (χ0n) is 23.8. The predicted octanol–water partition coefficient (Wildman–Crippen LogP) is 2.77. The van der Waals surface area contributed by atoms with Crippen molar-refractivity contribution in [2.45, 2.75) is 78.6 Å². The van der Waals surface area contributed by atoms with E-state index in [2.05, 4.69) is 12.1 Å². The zero-order chi connectivity index (χ0) is 29.0. The van der Waals surface area contributed by atoms with Gasteiger partial charge in [0.15, 0.2) is 18.2 Å². The number of aliphatic hydroxyl groups excluding tert-OH is 1. The van der Waals surface area contributed by atoms with E-state index in [0.29, 0.717) is 18.4 Å². The first-order valence-electron chi connectivity index (χ1n) is 14.1. The van der Waals surface area contributed by atoms with Gasteiger partial charge in [0.2, 0.25) is 0 Å². The molecule has 9 nitrogen and oxygen atoms in total. The first kappa shape index (κ1) is 29.0. The highest BCUT2D eigenvalue weighted by Gasteiger charge is 2.68. The van der Waals surface area contributed by atoms with Gasteiger partial charge in [-0.25, -0.2) is 9.18 Å². The number of fused-ring (bicyclic) bond motifs is 1. The highest BCUT2D eigenvalue weighted by Crippen LogP contribution is 2.67. The van der Waals surface area contributed by atoms with Crippen LogP contribution in [0, 0.1) is 39.8 Å². The van der Waals surface area contributed by atoms with Crippen molar-refractivity contribution in [3.63, 3.8) is 0 Å². The summed E-state index contributed by atoms with van der Waals surface area (Å²) in [6.07, 6.45) is 2.97. The molecule has 218 valence electrons. The Morgan fingerprint density at radius 2 is 2.05 bits per heavy atom. The Balaban J connectivity index is 1.46. The van der Waals surface area contributed by atoms with Crippen LogP contribution in [0.25, 0.3) is 0 Å². The molecule has 5 rings (SSSR count). The van der Waals surface area contributed by atoms with Gasteiger partial charge in [0.1, 0.15) is 19.0 Å². The minimum absolute atomic E-state index is 0.00168. The van der Waals surface area contributed by atoms with Crippen LogP contribution in [0.3, 0.4) is 0 Å². The SMILES string of the molecule is CO/N=C/[C@@]1(C)C[C@@H](OC(=O)COc2ccc3c(c2F)B(O)OC3)[C@]2(C)[C@@H]3C(=O)CC[C@@]3(CC[C@@H]2C)[C@@H](C)[C@@H]1O. The van der Waals surface area contributed by atoms with Crippen LogP contribution in [0.15, 0.2) is 17.3 Å². The molecule has 0 aromatic heterocycles. The van der Waals surface area contributed by atoms with E-state index in [9.17, 15) is 24.1 Å². The van der Waals surface area contributed by atoms with Crippen molar-refractivity contribution in [3.05, 3.63) is 23.5 Å². The molecule has 2 N–H and O–H groups in total. The molecule has 0 unspecified atom stereocenters. The molecule has 1 aromatic rings. The number of benzene rings is 1. The van der Waals surface area contributed by atoms with Crippen molar-refractivity contribution < 1.29 is 43.1 Å². The number of ketones is 1. The Morgan fingerprint density at radius 1 is 1.30 bits per heavy atom. The first-order chi connectivity index (χ1) is 18.9. The van der Waals surface area contributed by atoms with E-state index >= 15 is 0 Å². The molecular formula is C29H39BFNO8. The minimum Gasteiger partial charge on any atom is -0.479 e. The number of aliphatic hydroxyl groups is 1. The summed E-state index contributed by atoms with van der Waals surface area (Å²) in [7, 11) is 0.0386. The molecule has 4 aliphatic rings. The lowest BCUT2D eigenvalue weighted by Crippen LogP contribution is -2.63. The Bertz CT molecular complexity index is 1210. The van der Waals surface area contributed by atoms with Crippen molar-refractivity contribution in [2.24, 2.45) is 39.2 Å². The number of Topliss-reactive ketones (excluding diaryl/α,β-unsaturated/α-hetero) is 1. The number of esters is 1. The van der Waals surface area contributed by atoms with Crippen molar-refractivity contribution in [1.29, 1.82) is 0 Å². The van der Waals surface area contributed by atoms with Crippen molar-refractivity contribution in [2.75, 3.05) is 13.7 Å². The Morgan fingerprint density at radius 3 is 2.77 bits per heavy atom. The average molecular weight is 559 g/mol. The van der Waals surface area contributed by atoms with Gasteiger partial charge < -0.3 is 29.1 Å². The number of halogens is 1. The number of rotatable bonds is 6. The lowest BCUT2D eigenvalue weighted by atomic mass is 9.44. The summed E-state index contributed by atoms with van der Waals surface area (Å²) in [6.45, 7) is 7.56. The molecule has 1 aromatic carbocycles. The third-order valence-corrected chi connectivity index (χ3v) is 10.8. The van der Waals surface area contributed by atoms with Gasteiger partial charge in [-0.2, -0.15) is 0 Å². The molecule has 1 aliphatic heterocycles. The lowest BCUT2D eigenvalue weighted by Gasteiger charge is -2.61. The molecular weight excluding hydrogens is 520 g/mol. The van der Waals surface area contributed by atoms with Gasteiger partial charge in [-0.3, -0.25) is 4.79 Å². The number of carbonyl (C=O) groups excluding carboxylic acids is 2. The van der Waals surface area contributed by atoms with E-state index in [-0.39, 0.29) is 47.8 Å². The van der Waals surface area contributed by atoms with Gasteiger partial charge in [0.25, 0.3) is 0 Å². The van der Waals surface area contributed by atoms with Crippen LogP contribution in [0.5, 0.6) is 5.75 Å². The van der Waals surface area contributed by atoms with Crippen LogP contribution in [-0.4, -0.2) is 61.1 Å². The zero-order valence-corrected chi connectivity index (χ0v) is 23.8. The molecule has 0 amide bonds. The second-order valence-electron chi connectivity index (χ2n) is 12.7. The molecule has 2 bridgehead atoms. The van der Waals surface area contributed by atoms with Crippen LogP contribution in [0.4, 0.5) is 4.39 Å². The van der Waals surface area contributed by atoms with Gasteiger partial charge in [-0.1, -0.05) is 38.9 Å². The second kappa shape index (κ2) is 10.4. The summed E-state index contributed by atoms with van der Waals surface area (Å²) in [6, 6.07) is 2.98. The summed E-state index contributed by atoms with van der Waals surface area (Å²) >= 11 is 0. The molecule has 1 heterocycles. The molecule has 3 aliphatic carbocycles. The molecule has 0 saturated heterocycles. The van der Waals surface area contributed by atoms with E-state index in [1.54, 1.807) is 12.3 Å². The van der Waals surface area contributed by atoms with E-state index in [1.807, 2.05) is 20.8 Å². The predicted molar refractivity (Wildman–Crippen MR) is 144 cm³/mol. The molecule has 3 fully saturated rings. The lowest BCUT2D eigenvalue weighted by molar-refractivity contribution is -0.205. The van der Waals surface area contributed by atoms with Crippen molar-refractivity contribution in [3.8, 4) is 5.75 Å². The maximum absolute atomic E-state index is 15.0. The van der Waals surface area contributed by atoms with Gasteiger partial charge >= 0.3 is 13.1 Å². The highest BCUT2D eigenvalue weighted by molar-refractivity contribution is 6.61. The number of oxime groups is 1. The summed E-state index contributed by atoms with van der Waals surface area (Å²) < 4.78 is 31.7. The number of ether oxygens (including phenoxy) is 2.